The second-order valence-electron chi connectivity index (χ2n) is 5.92. The fourth-order valence-corrected chi connectivity index (χ4v) is 1.85. The zero-order valence-electron chi connectivity index (χ0n) is 12.9. The number of allylic oxidation sites excluding steroid dienone is 2. The molecular formula is C15H30BO. The van der Waals surface area contributed by atoms with E-state index in [1.165, 1.54) is 18.3 Å². The van der Waals surface area contributed by atoms with Gasteiger partial charge in [-0.15, -0.1) is 0 Å². The molecule has 0 saturated carbocycles. The van der Waals surface area contributed by atoms with Crippen molar-refractivity contribution in [2.24, 2.45) is 5.41 Å². The van der Waals surface area contributed by atoms with Gasteiger partial charge >= 0.3 is 7.48 Å². The van der Waals surface area contributed by atoms with E-state index in [9.17, 15) is 0 Å². The summed E-state index contributed by atoms with van der Waals surface area (Å²) in [7, 11) is 1.96. The molecule has 0 atom stereocenters. The molecule has 0 unspecified atom stereocenters. The van der Waals surface area contributed by atoms with Crippen LogP contribution in [-0.4, -0.2) is 13.1 Å². The Kier molecular flexibility index (Phi) is 7.15. The standard InChI is InChI=1S/C15H30BO/c1-8-11-13(10-3)16-17-15(6,7)14(4,5)12-9-2/h11H,8-10,12H2,1-7H3/b13-11+. The van der Waals surface area contributed by atoms with Crippen molar-refractivity contribution in [3.8, 4) is 0 Å². The maximum absolute atomic E-state index is 6.06. The first-order valence-corrected chi connectivity index (χ1v) is 7.00. The molecule has 17 heavy (non-hydrogen) atoms. The van der Waals surface area contributed by atoms with Gasteiger partial charge in [-0.2, -0.15) is 0 Å². The van der Waals surface area contributed by atoms with Crippen molar-refractivity contribution >= 4 is 7.48 Å². The SMILES string of the molecule is CC/C=C(/[B]OC(C)(C)C(C)(C)CCC)CC. The number of hydrogen-bond donors (Lipinski definition) is 0. The molecule has 0 spiro atoms. The highest BCUT2D eigenvalue weighted by Gasteiger charge is 2.36. The summed E-state index contributed by atoms with van der Waals surface area (Å²) in [5.74, 6) is 0. The Bertz CT molecular complexity index is 241. The van der Waals surface area contributed by atoms with Gasteiger partial charge in [0.1, 0.15) is 0 Å². The summed E-state index contributed by atoms with van der Waals surface area (Å²) in [6, 6.07) is 0. The third kappa shape index (κ3) is 5.29. The summed E-state index contributed by atoms with van der Waals surface area (Å²) in [5, 5.41) is 0. The largest absolute Gasteiger partial charge is 0.429 e. The topological polar surface area (TPSA) is 9.23 Å². The molecule has 0 N–H and O–H groups in total. The Morgan fingerprint density at radius 1 is 1.12 bits per heavy atom. The molecule has 0 rings (SSSR count). The van der Waals surface area contributed by atoms with E-state index in [1.807, 2.05) is 7.48 Å². The normalized spacial score (nSPS) is 13.9. The van der Waals surface area contributed by atoms with Crippen molar-refractivity contribution in [1.29, 1.82) is 0 Å². The van der Waals surface area contributed by atoms with Gasteiger partial charge < -0.3 is 4.65 Å². The molecule has 0 saturated heterocycles. The molecule has 2 heteroatoms. The second-order valence-corrected chi connectivity index (χ2v) is 5.92. The molecule has 0 aromatic heterocycles. The maximum atomic E-state index is 6.06. The van der Waals surface area contributed by atoms with Crippen LogP contribution in [0.2, 0.25) is 0 Å². The first kappa shape index (κ1) is 16.8. The van der Waals surface area contributed by atoms with Crippen LogP contribution in [0, 0.1) is 5.41 Å². The van der Waals surface area contributed by atoms with Crippen LogP contribution >= 0.6 is 0 Å². The fourth-order valence-electron chi connectivity index (χ4n) is 1.85. The van der Waals surface area contributed by atoms with Crippen LogP contribution in [0.3, 0.4) is 0 Å². The van der Waals surface area contributed by atoms with Gasteiger partial charge in [-0.05, 0) is 38.5 Å². The van der Waals surface area contributed by atoms with Gasteiger partial charge in [0.15, 0.2) is 0 Å². The van der Waals surface area contributed by atoms with Crippen LogP contribution in [-0.2, 0) is 4.65 Å². The first-order valence-electron chi connectivity index (χ1n) is 7.00. The van der Waals surface area contributed by atoms with E-state index in [0.29, 0.717) is 0 Å². The molecule has 0 aliphatic carbocycles. The molecule has 0 amide bonds. The summed E-state index contributed by atoms with van der Waals surface area (Å²) >= 11 is 0. The Balaban J connectivity index is 4.49. The summed E-state index contributed by atoms with van der Waals surface area (Å²) in [6.45, 7) is 15.5. The molecular weight excluding hydrogens is 207 g/mol. The van der Waals surface area contributed by atoms with Gasteiger partial charge in [-0.1, -0.05) is 52.6 Å². The van der Waals surface area contributed by atoms with E-state index < -0.39 is 0 Å². The lowest BCUT2D eigenvalue weighted by Gasteiger charge is -2.42. The van der Waals surface area contributed by atoms with Gasteiger partial charge in [-0.3, -0.25) is 0 Å². The van der Waals surface area contributed by atoms with Gasteiger partial charge in [0.2, 0.25) is 0 Å². The molecule has 1 radical (unpaired) electrons. The maximum Gasteiger partial charge on any atom is 0.326 e. The lowest BCUT2D eigenvalue weighted by molar-refractivity contribution is -0.0134. The average Bonchev–Trinajstić information content (AvgIpc) is 2.23. The molecule has 0 aliphatic rings. The molecule has 0 aliphatic heterocycles. The van der Waals surface area contributed by atoms with Crippen molar-refractivity contribution in [2.45, 2.75) is 79.8 Å². The van der Waals surface area contributed by atoms with Gasteiger partial charge in [0.25, 0.3) is 0 Å². The quantitative estimate of drug-likeness (QED) is 0.544. The van der Waals surface area contributed by atoms with Crippen molar-refractivity contribution in [1.82, 2.24) is 0 Å². The van der Waals surface area contributed by atoms with E-state index in [0.717, 1.165) is 12.8 Å². The van der Waals surface area contributed by atoms with E-state index in [1.54, 1.807) is 0 Å². The minimum Gasteiger partial charge on any atom is -0.429 e. The predicted molar refractivity (Wildman–Crippen MR) is 78.3 cm³/mol. The molecule has 0 aromatic rings. The Hall–Kier alpha value is -0.235. The van der Waals surface area contributed by atoms with Crippen molar-refractivity contribution in [3.05, 3.63) is 11.5 Å². The highest BCUT2D eigenvalue weighted by molar-refractivity contribution is 6.38. The predicted octanol–water partition coefficient (Wildman–Crippen LogP) is 4.93. The number of hydrogen-bond acceptors (Lipinski definition) is 1. The molecule has 99 valence electrons. The molecule has 0 aromatic carbocycles. The van der Waals surface area contributed by atoms with Crippen LogP contribution in [0.5, 0.6) is 0 Å². The fraction of sp³-hybridized carbons (Fsp3) is 0.867. The van der Waals surface area contributed by atoms with Crippen LogP contribution in [0.4, 0.5) is 0 Å². The van der Waals surface area contributed by atoms with E-state index >= 15 is 0 Å². The summed E-state index contributed by atoms with van der Waals surface area (Å²) < 4.78 is 6.06. The van der Waals surface area contributed by atoms with Crippen LogP contribution in [0.25, 0.3) is 0 Å². The summed E-state index contributed by atoms with van der Waals surface area (Å²) in [5.41, 5.74) is 1.38. The minimum absolute atomic E-state index is 0.120. The minimum atomic E-state index is -0.120. The van der Waals surface area contributed by atoms with Crippen LogP contribution < -0.4 is 0 Å². The number of rotatable bonds is 8. The monoisotopic (exact) mass is 237 g/mol. The summed E-state index contributed by atoms with van der Waals surface area (Å²) in [4.78, 5) is 0. The van der Waals surface area contributed by atoms with Crippen LogP contribution in [0.1, 0.15) is 74.1 Å². The Morgan fingerprint density at radius 3 is 2.12 bits per heavy atom. The van der Waals surface area contributed by atoms with Crippen molar-refractivity contribution in [3.63, 3.8) is 0 Å². The second kappa shape index (κ2) is 7.26. The van der Waals surface area contributed by atoms with Crippen LogP contribution in [0.15, 0.2) is 11.5 Å². The summed E-state index contributed by atoms with van der Waals surface area (Å²) in [6.07, 6.45) is 6.74. The third-order valence-corrected chi connectivity index (χ3v) is 3.88. The van der Waals surface area contributed by atoms with Gasteiger partial charge in [-0.25, -0.2) is 0 Å². The first-order chi connectivity index (χ1) is 7.80. The third-order valence-electron chi connectivity index (χ3n) is 3.88. The molecule has 0 bridgehead atoms. The van der Waals surface area contributed by atoms with Crippen molar-refractivity contribution in [2.75, 3.05) is 0 Å². The molecule has 0 fully saturated rings. The Morgan fingerprint density at radius 2 is 1.71 bits per heavy atom. The van der Waals surface area contributed by atoms with E-state index in [2.05, 4.69) is 54.5 Å². The zero-order valence-corrected chi connectivity index (χ0v) is 12.9. The van der Waals surface area contributed by atoms with Crippen molar-refractivity contribution < 1.29 is 4.65 Å². The van der Waals surface area contributed by atoms with Gasteiger partial charge in [0.05, 0.1) is 5.60 Å². The molecule has 0 heterocycles. The highest BCUT2D eigenvalue weighted by atomic mass is 16.5. The van der Waals surface area contributed by atoms with E-state index in [-0.39, 0.29) is 11.0 Å². The lowest BCUT2D eigenvalue weighted by atomic mass is 9.72. The molecule has 1 nitrogen and oxygen atoms in total. The Labute approximate surface area is 109 Å². The lowest BCUT2D eigenvalue weighted by Crippen LogP contribution is -2.42. The highest BCUT2D eigenvalue weighted by Crippen LogP contribution is 2.37. The van der Waals surface area contributed by atoms with E-state index in [4.69, 9.17) is 4.65 Å². The zero-order chi connectivity index (χ0) is 13.5. The van der Waals surface area contributed by atoms with Gasteiger partial charge in [0, 0.05) is 0 Å². The smallest absolute Gasteiger partial charge is 0.326 e. The average molecular weight is 237 g/mol.